The second-order valence-corrected chi connectivity index (χ2v) is 5.47. The van der Waals surface area contributed by atoms with Crippen LogP contribution in [0, 0.1) is 0 Å². The van der Waals surface area contributed by atoms with E-state index in [2.05, 4.69) is 15.8 Å². The minimum atomic E-state index is -0.404. The summed E-state index contributed by atoms with van der Waals surface area (Å²) < 4.78 is 0. The number of anilines is 1. The van der Waals surface area contributed by atoms with Crippen molar-refractivity contribution < 1.29 is 9.59 Å². The molecule has 0 aliphatic carbocycles. The highest BCUT2D eigenvalue weighted by molar-refractivity contribution is 6.36. The third-order valence-electron chi connectivity index (χ3n) is 2.78. The average Bonchev–Trinajstić information content (AvgIpc) is 2.49. The van der Waals surface area contributed by atoms with Crippen molar-refractivity contribution >= 4 is 46.9 Å². The van der Waals surface area contributed by atoms with Gasteiger partial charge in [0.25, 0.3) is 5.91 Å². The average molecular weight is 350 g/mol. The molecular formula is C16H13Cl2N3O2. The maximum atomic E-state index is 12.0. The summed E-state index contributed by atoms with van der Waals surface area (Å²) in [6, 6.07) is 11.5. The number of carbonyl (C=O) groups is 2. The van der Waals surface area contributed by atoms with Crippen LogP contribution >= 0.6 is 23.2 Å². The zero-order chi connectivity index (χ0) is 16.8. The number of carbonyl (C=O) groups excluding carboxylic acids is 2. The van der Waals surface area contributed by atoms with E-state index in [-0.39, 0.29) is 5.91 Å². The summed E-state index contributed by atoms with van der Waals surface area (Å²) in [6.07, 6.45) is 1.42. The fourth-order valence-electron chi connectivity index (χ4n) is 1.77. The van der Waals surface area contributed by atoms with Gasteiger partial charge >= 0.3 is 0 Å². The van der Waals surface area contributed by atoms with Gasteiger partial charge in [-0.25, -0.2) is 5.43 Å². The first-order valence-corrected chi connectivity index (χ1v) is 7.37. The van der Waals surface area contributed by atoms with Gasteiger partial charge in [0, 0.05) is 28.8 Å². The zero-order valence-electron chi connectivity index (χ0n) is 12.1. The Morgan fingerprint density at radius 2 is 1.91 bits per heavy atom. The van der Waals surface area contributed by atoms with Crippen molar-refractivity contribution in [1.82, 2.24) is 5.43 Å². The molecule has 23 heavy (non-hydrogen) atoms. The van der Waals surface area contributed by atoms with Crippen LogP contribution in [0.4, 0.5) is 5.69 Å². The minimum Gasteiger partial charge on any atom is -0.326 e. The first kappa shape index (κ1) is 17.0. The molecule has 0 fully saturated rings. The standard InChI is InChI=1S/C16H13Cl2N3O2/c1-10(22)20-14-4-2-3-11(7-14)16(23)21-19-9-12-5-6-13(17)8-15(12)18/h2-9H,1H3,(H,20,22)(H,21,23)/b19-9-. The Morgan fingerprint density at radius 1 is 1.13 bits per heavy atom. The van der Waals surface area contributed by atoms with E-state index in [4.69, 9.17) is 23.2 Å². The maximum Gasteiger partial charge on any atom is 0.271 e. The van der Waals surface area contributed by atoms with Gasteiger partial charge in [-0.2, -0.15) is 5.10 Å². The SMILES string of the molecule is CC(=O)Nc1cccc(C(=O)N/N=C\c2ccc(Cl)cc2Cl)c1. The number of hydrazone groups is 1. The first-order chi connectivity index (χ1) is 11.0. The number of hydrogen-bond acceptors (Lipinski definition) is 3. The van der Waals surface area contributed by atoms with Crippen LogP contribution in [-0.2, 0) is 4.79 Å². The van der Waals surface area contributed by atoms with E-state index < -0.39 is 5.91 Å². The fraction of sp³-hybridized carbons (Fsp3) is 0.0625. The molecule has 0 aliphatic heterocycles. The summed E-state index contributed by atoms with van der Waals surface area (Å²) >= 11 is 11.8. The van der Waals surface area contributed by atoms with Crippen LogP contribution in [0.2, 0.25) is 10.0 Å². The van der Waals surface area contributed by atoms with Crippen molar-refractivity contribution in [3.8, 4) is 0 Å². The van der Waals surface area contributed by atoms with Crippen LogP contribution in [0.15, 0.2) is 47.6 Å². The largest absolute Gasteiger partial charge is 0.326 e. The third kappa shape index (κ3) is 5.09. The first-order valence-electron chi connectivity index (χ1n) is 6.62. The van der Waals surface area contributed by atoms with Crippen molar-refractivity contribution in [2.75, 3.05) is 5.32 Å². The van der Waals surface area contributed by atoms with E-state index >= 15 is 0 Å². The number of amides is 2. The predicted octanol–water partition coefficient (Wildman–Crippen LogP) is 3.72. The van der Waals surface area contributed by atoms with Crippen LogP contribution < -0.4 is 10.7 Å². The molecule has 2 aromatic rings. The van der Waals surface area contributed by atoms with Gasteiger partial charge in [0.2, 0.25) is 5.91 Å². The molecule has 0 heterocycles. The summed E-state index contributed by atoms with van der Waals surface area (Å²) in [5.41, 5.74) is 3.93. The fourth-order valence-corrected chi connectivity index (χ4v) is 2.23. The molecule has 0 saturated heterocycles. The zero-order valence-corrected chi connectivity index (χ0v) is 13.7. The Morgan fingerprint density at radius 3 is 2.61 bits per heavy atom. The second kappa shape index (κ2) is 7.76. The highest BCUT2D eigenvalue weighted by Gasteiger charge is 2.06. The lowest BCUT2D eigenvalue weighted by atomic mass is 10.2. The quantitative estimate of drug-likeness (QED) is 0.652. The second-order valence-electron chi connectivity index (χ2n) is 4.63. The van der Waals surface area contributed by atoms with E-state index in [0.717, 1.165) is 0 Å². The van der Waals surface area contributed by atoms with Crippen molar-refractivity contribution in [3.63, 3.8) is 0 Å². The van der Waals surface area contributed by atoms with E-state index in [1.54, 1.807) is 42.5 Å². The van der Waals surface area contributed by atoms with Crippen LogP contribution in [0.3, 0.4) is 0 Å². The Bertz CT molecular complexity index is 776. The Labute approximate surface area is 143 Å². The molecule has 0 radical (unpaired) electrons. The van der Waals surface area contributed by atoms with Gasteiger partial charge in [-0.05, 0) is 30.3 Å². The molecule has 118 valence electrons. The number of benzene rings is 2. The Hall–Kier alpha value is -2.37. The number of hydrogen-bond donors (Lipinski definition) is 2. The topological polar surface area (TPSA) is 70.6 Å². The molecule has 5 nitrogen and oxygen atoms in total. The monoisotopic (exact) mass is 349 g/mol. The van der Waals surface area contributed by atoms with Crippen LogP contribution in [-0.4, -0.2) is 18.0 Å². The summed E-state index contributed by atoms with van der Waals surface area (Å²) in [5.74, 6) is -0.614. The summed E-state index contributed by atoms with van der Waals surface area (Å²) in [4.78, 5) is 23.0. The molecular weight excluding hydrogens is 337 g/mol. The van der Waals surface area contributed by atoms with Crippen LogP contribution in [0.5, 0.6) is 0 Å². The number of rotatable bonds is 4. The number of nitrogens with zero attached hydrogens (tertiary/aromatic N) is 1. The summed E-state index contributed by atoms with van der Waals surface area (Å²) in [7, 11) is 0. The van der Waals surface area contributed by atoms with Gasteiger partial charge in [-0.15, -0.1) is 0 Å². The molecule has 2 amide bonds. The highest BCUT2D eigenvalue weighted by Crippen LogP contribution is 2.19. The van der Waals surface area contributed by atoms with Crippen molar-refractivity contribution in [3.05, 3.63) is 63.6 Å². The lowest BCUT2D eigenvalue weighted by Crippen LogP contribution is -2.18. The Balaban J connectivity index is 2.04. The number of halogens is 2. The van der Waals surface area contributed by atoms with E-state index in [1.165, 1.54) is 13.1 Å². The van der Waals surface area contributed by atoms with Gasteiger partial charge in [0.05, 0.1) is 11.2 Å². The lowest BCUT2D eigenvalue weighted by molar-refractivity contribution is -0.114. The van der Waals surface area contributed by atoms with Gasteiger partial charge in [-0.3, -0.25) is 9.59 Å². The van der Waals surface area contributed by atoms with Gasteiger partial charge in [-0.1, -0.05) is 35.3 Å². The molecule has 2 aromatic carbocycles. The van der Waals surface area contributed by atoms with Gasteiger partial charge < -0.3 is 5.32 Å². The van der Waals surface area contributed by atoms with E-state index in [9.17, 15) is 9.59 Å². The van der Waals surface area contributed by atoms with Gasteiger partial charge in [0.15, 0.2) is 0 Å². The summed E-state index contributed by atoms with van der Waals surface area (Å²) in [6.45, 7) is 1.40. The Kier molecular flexibility index (Phi) is 5.73. The molecule has 0 atom stereocenters. The lowest BCUT2D eigenvalue weighted by Gasteiger charge is -2.04. The van der Waals surface area contributed by atoms with E-state index in [1.807, 2.05) is 0 Å². The molecule has 0 bridgehead atoms. The normalized spacial score (nSPS) is 10.6. The smallest absolute Gasteiger partial charge is 0.271 e. The molecule has 7 heteroatoms. The van der Waals surface area contributed by atoms with E-state index in [0.29, 0.717) is 26.9 Å². The molecule has 0 aromatic heterocycles. The predicted molar refractivity (Wildman–Crippen MR) is 92.3 cm³/mol. The maximum absolute atomic E-state index is 12.0. The highest BCUT2D eigenvalue weighted by atomic mass is 35.5. The molecule has 2 rings (SSSR count). The van der Waals surface area contributed by atoms with Crippen LogP contribution in [0.25, 0.3) is 0 Å². The van der Waals surface area contributed by atoms with Crippen molar-refractivity contribution in [1.29, 1.82) is 0 Å². The molecule has 0 unspecified atom stereocenters. The molecule has 0 spiro atoms. The molecule has 0 aliphatic rings. The summed E-state index contributed by atoms with van der Waals surface area (Å²) in [5, 5.41) is 7.42. The van der Waals surface area contributed by atoms with Crippen molar-refractivity contribution in [2.24, 2.45) is 5.10 Å². The van der Waals surface area contributed by atoms with Crippen molar-refractivity contribution in [2.45, 2.75) is 6.92 Å². The molecule has 0 saturated carbocycles. The van der Waals surface area contributed by atoms with Crippen LogP contribution in [0.1, 0.15) is 22.8 Å². The number of nitrogens with one attached hydrogen (secondary N) is 2. The molecule has 2 N–H and O–H groups in total. The minimum absolute atomic E-state index is 0.210. The third-order valence-corrected chi connectivity index (χ3v) is 3.34. The van der Waals surface area contributed by atoms with Gasteiger partial charge in [0.1, 0.15) is 0 Å².